The predicted octanol–water partition coefficient (Wildman–Crippen LogP) is 1.97. The SMILES string of the molecule is CCNCc1ccc(OCc2noc(C)n2)c([N+](=O)[O-])c1. The van der Waals surface area contributed by atoms with Crippen LogP contribution in [-0.4, -0.2) is 21.6 Å². The molecule has 0 aliphatic heterocycles. The lowest BCUT2D eigenvalue weighted by Crippen LogP contribution is -2.12. The van der Waals surface area contributed by atoms with Gasteiger partial charge in [0.1, 0.15) is 0 Å². The molecule has 0 spiro atoms. The summed E-state index contributed by atoms with van der Waals surface area (Å²) >= 11 is 0. The Morgan fingerprint density at radius 2 is 2.29 bits per heavy atom. The number of nitro benzene ring substituents is 1. The molecule has 21 heavy (non-hydrogen) atoms. The number of nitrogens with zero attached hydrogens (tertiary/aromatic N) is 3. The first-order valence-electron chi connectivity index (χ1n) is 6.50. The van der Waals surface area contributed by atoms with E-state index in [2.05, 4.69) is 15.5 Å². The second kappa shape index (κ2) is 6.80. The summed E-state index contributed by atoms with van der Waals surface area (Å²) in [6.45, 7) is 5.02. The highest BCUT2D eigenvalue weighted by Crippen LogP contribution is 2.28. The first-order chi connectivity index (χ1) is 10.1. The van der Waals surface area contributed by atoms with Crippen LogP contribution in [0.5, 0.6) is 5.75 Å². The first-order valence-corrected chi connectivity index (χ1v) is 6.50. The molecular weight excluding hydrogens is 276 g/mol. The largest absolute Gasteiger partial charge is 0.478 e. The molecule has 8 nitrogen and oxygen atoms in total. The van der Waals surface area contributed by atoms with E-state index in [1.54, 1.807) is 19.1 Å². The number of ether oxygens (including phenoxy) is 1. The van der Waals surface area contributed by atoms with E-state index in [0.29, 0.717) is 18.3 Å². The van der Waals surface area contributed by atoms with Gasteiger partial charge < -0.3 is 14.6 Å². The number of hydrogen-bond donors (Lipinski definition) is 1. The number of nitrogens with one attached hydrogen (secondary N) is 1. The van der Waals surface area contributed by atoms with Gasteiger partial charge in [-0.25, -0.2) is 0 Å². The van der Waals surface area contributed by atoms with Crippen molar-refractivity contribution in [3.05, 3.63) is 45.6 Å². The van der Waals surface area contributed by atoms with Crippen LogP contribution in [0.3, 0.4) is 0 Å². The van der Waals surface area contributed by atoms with Gasteiger partial charge in [-0.3, -0.25) is 10.1 Å². The second-order valence-corrected chi connectivity index (χ2v) is 4.36. The summed E-state index contributed by atoms with van der Waals surface area (Å²) in [5.41, 5.74) is 0.747. The zero-order valence-electron chi connectivity index (χ0n) is 11.8. The molecule has 0 radical (unpaired) electrons. The third kappa shape index (κ3) is 3.99. The molecule has 1 N–H and O–H groups in total. The number of benzene rings is 1. The molecule has 2 rings (SSSR count). The lowest BCUT2D eigenvalue weighted by atomic mass is 10.2. The molecule has 0 fully saturated rings. The zero-order chi connectivity index (χ0) is 15.2. The van der Waals surface area contributed by atoms with Crippen LogP contribution in [0.4, 0.5) is 5.69 Å². The maximum absolute atomic E-state index is 11.1. The minimum absolute atomic E-state index is 0.0186. The molecule has 1 aromatic carbocycles. The van der Waals surface area contributed by atoms with Crippen LogP contribution in [0.1, 0.15) is 24.2 Å². The van der Waals surface area contributed by atoms with E-state index in [0.717, 1.165) is 12.1 Å². The van der Waals surface area contributed by atoms with E-state index in [9.17, 15) is 10.1 Å². The molecule has 0 aliphatic rings. The highest BCUT2D eigenvalue weighted by molar-refractivity contribution is 5.48. The van der Waals surface area contributed by atoms with Gasteiger partial charge >= 0.3 is 5.69 Å². The van der Waals surface area contributed by atoms with Crippen molar-refractivity contribution in [3.8, 4) is 5.75 Å². The maximum Gasteiger partial charge on any atom is 0.311 e. The Morgan fingerprint density at radius 1 is 1.48 bits per heavy atom. The van der Waals surface area contributed by atoms with Crippen LogP contribution in [0, 0.1) is 17.0 Å². The number of rotatable bonds is 7. The van der Waals surface area contributed by atoms with Crippen molar-refractivity contribution in [2.75, 3.05) is 6.54 Å². The molecule has 1 heterocycles. The quantitative estimate of drug-likeness (QED) is 0.614. The average Bonchev–Trinajstić information content (AvgIpc) is 2.88. The Bertz CT molecular complexity index is 626. The van der Waals surface area contributed by atoms with Crippen molar-refractivity contribution < 1.29 is 14.2 Å². The molecule has 0 saturated carbocycles. The molecule has 8 heteroatoms. The molecule has 0 amide bonds. The van der Waals surface area contributed by atoms with Crippen molar-refractivity contribution >= 4 is 5.69 Å². The van der Waals surface area contributed by atoms with E-state index in [1.807, 2.05) is 6.92 Å². The third-order valence-corrected chi connectivity index (χ3v) is 2.73. The smallest absolute Gasteiger partial charge is 0.311 e. The third-order valence-electron chi connectivity index (χ3n) is 2.73. The molecule has 0 saturated heterocycles. The lowest BCUT2D eigenvalue weighted by Gasteiger charge is -2.07. The van der Waals surface area contributed by atoms with E-state index < -0.39 is 4.92 Å². The minimum Gasteiger partial charge on any atom is -0.478 e. The second-order valence-electron chi connectivity index (χ2n) is 4.36. The highest BCUT2D eigenvalue weighted by Gasteiger charge is 2.17. The average molecular weight is 292 g/mol. The van der Waals surface area contributed by atoms with E-state index in [-0.39, 0.29) is 18.0 Å². The predicted molar refractivity (Wildman–Crippen MR) is 73.8 cm³/mol. The molecule has 0 unspecified atom stereocenters. The van der Waals surface area contributed by atoms with Gasteiger partial charge in [-0.1, -0.05) is 18.1 Å². The minimum atomic E-state index is -0.466. The zero-order valence-corrected chi connectivity index (χ0v) is 11.8. The fourth-order valence-electron chi connectivity index (χ4n) is 1.75. The maximum atomic E-state index is 11.1. The molecule has 112 valence electrons. The Morgan fingerprint density at radius 3 is 2.90 bits per heavy atom. The standard InChI is InChI=1S/C13H16N4O4/c1-3-14-7-10-4-5-12(11(6-10)17(18)19)20-8-13-15-9(2)21-16-13/h4-6,14H,3,7-8H2,1-2H3. The Labute approximate surface area is 121 Å². The Kier molecular flexibility index (Phi) is 4.83. The van der Waals surface area contributed by atoms with Crippen molar-refractivity contribution in [2.24, 2.45) is 0 Å². The number of nitro groups is 1. The van der Waals surface area contributed by atoms with Gasteiger partial charge in [0.25, 0.3) is 0 Å². The van der Waals surface area contributed by atoms with Gasteiger partial charge in [-0.05, 0) is 18.2 Å². The van der Waals surface area contributed by atoms with Gasteiger partial charge in [-0.2, -0.15) is 4.98 Å². The monoisotopic (exact) mass is 292 g/mol. The summed E-state index contributed by atoms with van der Waals surface area (Å²) in [5.74, 6) is 0.949. The van der Waals surface area contributed by atoms with Crippen molar-refractivity contribution in [1.82, 2.24) is 15.5 Å². The molecule has 0 bridgehead atoms. The van der Waals surface area contributed by atoms with Gasteiger partial charge in [0, 0.05) is 19.5 Å². The summed E-state index contributed by atoms with van der Waals surface area (Å²) in [6, 6.07) is 4.86. The fraction of sp³-hybridized carbons (Fsp3) is 0.385. The summed E-state index contributed by atoms with van der Waals surface area (Å²) < 4.78 is 10.2. The summed E-state index contributed by atoms with van der Waals surface area (Å²) in [4.78, 5) is 14.6. The summed E-state index contributed by atoms with van der Waals surface area (Å²) in [5, 5.41) is 17.9. The number of aryl methyl sites for hydroxylation is 1. The fourth-order valence-corrected chi connectivity index (χ4v) is 1.75. The van der Waals surface area contributed by atoms with E-state index in [4.69, 9.17) is 9.26 Å². The Hall–Kier alpha value is -2.48. The van der Waals surface area contributed by atoms with Crippen LogP contribution >= 0.6 is 0 Å². The first kappa shape index (κ1) is 14.9. The Balaban J connectivity index is 2.12. The van der Waals surface area contributed by atoms with E-state index >= 15 is 0 Å². The molecule has 0 aliphatic carbocycles. The van der Waals surface area contributed by atoms with Crippen molar-refractivity contribution in [1.29, 1.82) is 0 Å². The van der Waals surface area contributed by atoms with Gasteiger partial charge in [0.2, 0.25) is 11.7 Å². The number of hydrogen-bond acceptors (Lipinski definition) is 7. The van der Waals surface area contributed by atoms with Crippen molar-refractivity contribution in [2.45, 2.75) is 27.0 Å². The molecule has 2 aromatic rings. The van der Waals surface area contributed by atoms with Gasteiger partial charge in [0.15, 0.2) is 12.4 Å². The molecular formula is C13H16N4O4. The number of aromatic nitrogens is 2. The normalized spacial score (nSPS) is 10.6. The highest BCUT2D eigenvalue weighted by atomic mass is 16.6. The van der Waals surface area contributed by atoms with Crippen LogP contribution < -0.4 is 10.1 Å². The van der Waals surface area contributed by atoms with Crippen LogP contribution in [0.15, 0.2) is 22.7 Å². The van der Waals surface area contributed by atoms with Gasteiger partial charge in [-0.15, -0.1) is 0 Å². The van der Waals surface area contributed by atoms with Gasteiger partial charge in [0.05, 0.1) is 4.92 Å². The molecule has 1 aromatic heterocycles. The van der Waals surface area contributed by atoms with Crippen LogP contribution in [0.25, 0.3) is 0 Å². The van der Waals surface area contributed by atoms with Crippen LogP contribution in [-0.2, 0) is 13.2 Å². The van der Waals surface area contributed by atoms with E-state index in [1.165, 1.54) is 6.07 Å². The summed E-state index contributed by atoms with van der Waals surface area (Å²) in [6.07, 6.45) is 0. The molecule has 0 atom stereocenters. The topological polar surface area (TPSA) is 103 Å². The lowest BCUT2D eigenvalue weighted by molar-refractivity contribution is -0.386. The summed E-state index contributed by atoms with van der Waals surface area (Å²) in [7, 11) is 0. The van der Waals surface area contributed by atoms with Crippen LogP contribution in [0.2, 0.25) is 0 Å². The van der Waals surface area contributed by atoms with Crippen molar-refractivity contribution in [3.63, 3.8) is 0 Å².